The summed E-state index contributed by atoms with van der Waals surface area (Å²) in [5, 5.41) is -4.17. The van der Waals surface area contributed by atoms with Crippen molar-refractivity contribution in [3.8, 4) is 33.6 Å². The molecule has 0 saturated carbocycles. The molecule has 0 atom stereocenters. The van der Waals surface area contributed by atoms with Crippen molar-refractivity contribution >= 4 is 54.5 Å². The van der Waals surface area contributed by atoms with Crippen molar-refractivity contribution in [1.82, 2.24) is 0 Å². The maximum absolute atomic E-state index is 9.81. The van der Waals surface area contributed by atoms with E-state index < -0.39 is 233 Å². The largest absolute Gasteiger partial charge is 0.456 e. The van der Waals surface area contributed by atoms with E-state index in [9.17, 15) is 8.22 Å². The van der Waals surface area contributed by atoms with E-state index in [0.29, 0.717) is 0 Å². The van der Waals surface area contributed by atoms with Gasteiger partial charge in [0.1, 0.15) is 22.5 Å². The second-order valence-electron chi connectivity index (χ2n) is 9.02. The van der Waals surface area contributed by atoms with Gasteiger partial charge in [0.2, 0.25) is 0 Å². The Kier molecular flexibility index (Phi) is 2.08. The zero-order chi connectivity index (χ0) is 48.5. The fourth-order valence-electron chi connectivity index (χ4n) is 5.17. The van der Waals surface area contributed by atoms with Gasteiger partial charge < -0.3 is 8.83 Å². The summed E-state index contributed by atoms with van der Waals surface area (Å²) in [7, 11) is 0. The lowest BCUT2D eigenvalue weighted by atomic mass is 9.84. The smallest absolute Gasteiger partial charge is 0.143 e. The van der Waals surface area contributed by atoms with Crippen LogP contribution in [0, 0.1) is 0 Å². The van der Waals surface area contributed by atoms with Gasteiger partial charge in [-0.25, -0.2) is 0 Å². The van der Waals surface area contributed by atoms with Gasteiger partial charge in [0.25, 0.3) is 0 Å². The van der Waals surface area contributed by atoms with Gasteiger partial charge in [-0.15, -0.1) is 0 Å². The Morgan fingerprint density at radius 3 is 1.48 bits per heavy atom. The number of furan rings is 2. The third kappa shape index (κ3) is 3.33. The third-order valence-corrected chi connectivity index (χ3v) is 6.82. The van der Waals surface area contributed by atoms with E-state index in [4.69, 9.17) is 33.5 Å². The molecule has 42 heavy (non-hydrogen) atoms. The van der Waals surface area contributed by atoms with E-state index >= 15 is 0 Å². The second-order valence-corrected chi connectivity index (χ2v) is 9.02. The van der Waals surface area contributed by atoms with Crippen molar-refractivity contribution in [2.75, 3.05) is 0 Å². The maximum atomic E-state index is 9.81. The Morgan fingerprint density at radius 1 is 0.333 bits per heavy atom. The van der Waals surface area contributed by atoms with Crippen LogP contribution in [0.4, 0.5) is 0 Å². The molecule has 0 saturated heterocycles. The molecule has 0 bridgehead atoms. The average molecular weight is 561 g/mol. The van der Waals surface area contributed by atoms with Crippen LogP contribution in [0.1, 0.15) is 32.9 Å². The second kappa shape index (κ2) is 8.95. The van der Waals surface area contributed by atoms with Crippen molar-refractivity contribution in [3.05, 3.63) is 145 Å². The minimum absolute atomic E-state index is 0.400. The van der Waals surface area contributed by atoms with Crippen LogP contribution in [-0.2, 0) is 0 Å². The molecule has 0 spiro atoms. The van der Waals surface area contributed by atoms with Gasteiger partial charge >= 0.3 is 0 Å². The molecule has 2 heterocycles. The van der Waals surface area contributed by atoms with Gasteiger partial charge in [-0.2, -0.15) is 0 Å². The summed E-state index contributed by atoms with van der Waals surface area (Å²) in [5.41, 5.74) is -5.17. The highest BCUT2D eigenvalue weighted by atomic mass is 16.3. The molecular weight excluding hydrogens is 512 g/mol. The first-order valence-corrected chi connectivity index (χ1v) is 12.3. The molecule has 9 rings (SSSR count). The molecule has 2 nitrogen and oxygen atoms in total. The van der Waals surface area contributed by atoms with E-state index in [1.165, 1.54) is 0 Å². The number of fused-ring (bicyclic) bond motifs is 6. The normalized spacial score (nSPS) is 19.8. The molecule has 0 unspecified atom stereocenters. The molecule has 196 valence electrons. The summed E-state index contributed by atoms with van der Waals surface area (Å²) in [6.07, 6.45) is 0. The number of hydrogen-bond donors (Lipinski definition) is 0. The first-order chi connectivity index (χ1) is 30.8. The van der Waals surface area contributed by atoms with Crippen molar-refractivity contribution in [3.63, 3.8) is 0 Å². The molecule has 0 radical (unpaired) electrons. The van der Waals surface area contributed by atoms with Crippen molar-refractivity contribution < 1.29 is 41.7 Å². The molecule has 7 aromatic carbocycles. The lowest BCUT2D eigenvalue weighted by Gasteiger charge is -2.18. The fraction of sp³-hybridized carbons (Fsp3) is 0. The van der Waals surface area contributed by atoms with E-state index in [-0.39, 0.29) is 0 Å². The van der Waals surface area contributed by atoms with Crippen LogP contribution in [0.25, 0.3) is 88.0 Å². The molecule has 0 aliphatic carbocycles. The van der Waals surface area contributed by atoms with E-state index in [2.05, 4.69) is 0 Å². The van der Waals surface area contributed by atoms with E-state index in [0.717, 1.165) is 0 Å². The maximum Gasteiger partial charge on any atom is 0.143 e. The number of hydrogen-bond acceptors (Lipinski definition) is 2. The number of benzene rings is 7. The topological polar surface area (TPSA) is 26.3 Å². The monoisotopic (exact) mass is 560 g/mol. The number of para-hydroxylation sites is 1. The van der Waals surface area contributed by atoms with Crippen LogP contribution in [-0.4, -0.2) is 0 Å². The van der Waals surface area contributed by atoms with Crippen molar-refractivity contribution in [2.24, 2.45) is 0 Å². The predicted molar refractivity (Wildman–Crippen MR) is 175 cm³/mol. The Balaban J connectivity index is 1.71. The van der Waals surface area contributed by atoms with Crippen LogP contribution in [0.2, 0.25) is 0 Å². The van der Waals surface area contributed by atoms with Gasteiger partial charge in [-0.1, -0.05) is 127 Å². The SMILES string of the molecule is [2H]c1c([2H])c([2H])c(-c2oc3c([2H])c4oc5c([2H])c([2H])c([2H])c([2H])c5c4c([2H])c3c2-c2c3c([2H])c([2H])c([2H])c([2H])c3c(-c3c([2H])c([2H])c([2H])c([2H])c3[2H])c3c([2H])c([2H])c([2H])c([2H])c23)c([2H])c1[2H]. The molecule has 0 N–H and O–H groups in total. The van der Waals surface area contributed by atoms with Gasteiger partial charge in [0.05, 0.1) is 32.9 Å². The fourth-order valence-corrected chi connectivity index (χ4v) is 5.17. The lowest BCUT2D eigenvalue weighted by Crippen LogP contribution is -1.91. The van der Waals surface area contributed by atoms with E-state index in [1.807, 2.05) is 0 Å². The van der Waals surface area contributed by atoms with Gasteiger partial charge in [0.15, 0.2) is 0 Å². The Morgan fingerprint density at radius 2 is 0.833 bits per heavy atom. The molecule has 0 aliphatic rings. The van der Waals surface area contributed by atoms with Gasteiger partial charge in [-0.3, -0.25) is 0 Å². The van der Waals surface area contributed by atoms with Crippen LogP contribution < -0.4 is 0 Å². The van der Waals surface area contributed by atoms with E-state index in [1.54, 1.807) is 0 Å². The minimum atomic E-state index is -0.968. The molecule has 2 aromatic heterocycles. The quantitative estimate of drug-likeness (QED) is 0.201. The highest BCUT2D eigenvalue weighted by molar-refractivity contribution is 6.25. The zero-order valence-corrected chi connectivity index (χ0v) is 20.8. The molecule has 9 aromatic rings. The van der Waals surface area contributed by atoms with Crippen LogP contribution in [0.15, 0.2) is 154 Å². The van der Waals surface area contributed by atoms with Crippen LogP contribution in [0.5, 0.6) is 0 Å². The molecular formula is C40H24O2. The Labute approximate surface area is 275 Å². The Bertz CT molecular complexity index is 3670. The first-order valence-electron chi connectivity index (χ1n) is 24.3. The average Bonchev–Trinajstić information content (AvgIpc) is 3.89. The highest BCUT2D eigenvalue weighted by Gasteiger charge is 2.25. The molecule has 2 heteroatoms. The summed E-state index contributed by atoms with van der Waals surface area (Å²) < 4.78 is 225. The highest BCUT2D eigenvalue weighted by Crippen LogP contribution is 2.50. The zero-order valence-electron chi connectivity index (χ0n) is 44.8. The third-order valence-electron chi connectivity index (χ3n) is 6.82. The summed E-state index contributed by atoms with van der Waals surface area (Å²) in [4.78, 5) is 0. The Hall–Kier alpha value is -5.60. The predicted octanol–water partition coefficient (Wildman–Crippen LogP) is 11.6. The summed E-state index contributed by atoms with van der Waals surface area (Å²) in [6, 6.07) is -21.2. The summed E-state index contributed by atoms with van der Waals surface area (Å²) in [6.45, 7) is 0. The van der Waals surface area contributed by atoms with Crippen molar-refractivity contribution in [2.45, 2.75) is 0 Å². The molecule has 0 fully saturated rings. The minimum Gasteiger partial charge on any atom is -0.456 e. The number of rotatable bonds is 3. The first kappa shape index (κ1) is 9.75. The van der Waals surface area contributed by atoms with Crippen LogP contribution in [0.3, 0.4) is 0 Å². The van der Waals surface area contributed by atoms with Crippen LogP contribution >= 0.6 is 0 Å². The molecule has 0 amide bonds. The van der Waals surface area contributed by atoms with Gasteiger partial charge in [0, 0.05) is 38.9 Å². The van der Waals surface area contributed by atoms with Gasteiger partial charge in [-0.05, 0) is 44.8 Å². The summed E-state index contributed by atoms with van der Waals surface area (Å²) >= 11 is 0. The van der Waals surface area contributed by atoms with Crippen molar-refractivity contribution in [1.29, 1.82) is 0 Å². The molecule has 0 aliphatic heterocycles. The standard InChI is InChI=1S/C40H24O2/c1-3-13-25(14-4-1)37-28-18-7-9-20-30(28)38(31-21-10-8-19-29(31)37)39-33-23-32-27-17-11-12-22-34(27)41-35(32)24-36(33)42-40(39)26-15-5-2-6-16-26/h1-24H/i1D,2D,3D,4D,5D,6D,7D,8D,9D,10D,11D,12D,13D,14D,15D,16D,17D,18D,19D,20D,21D,22D,23D,24D. The lowest BCUT2D eigenvalue weighted by molar-refractivity contribution is 0.629. The summed E-state index contributed by atoms with van der Waals surface area (Å²) in [5.74, 6) is -0.791.